The first-order valence-corrected chi connectivity index (χ1v) is 9.19. The summed E-state index contributed by atoms with van der Waals surface area (Å²) >= 11 is 0. The number of rotatable bonds is 8. The molecule has 0 aliphatic carbocycles. The third-order valence-electron chi connectivity index (χ3n) is 4.27. The minimum absolute atomic E-state index is 0.0901. The lowest BCUT2D eigenvalue weighted by atomic mass is 10.2. The Morgan fingerprint density at radius 3 is 2.11 bits per heavy atom. The molecule has 1 amide bonds. The fourth-order valence-electron chi connectivity index (χ4n) is 2.93. The molecule has 3 aromatic rings. The van der Waals surface area contributed by atoms with Gasteiger partial charge in [-0.25, -0.2) is 0 Å². The summed E-state index contributed by atoms with van der Waals surface area (Å²) < 4.78 is 10.8. The normalized spacial score (nSPS) is 10.2. The minimum atomic E-state index is -0.228. The molecule has 3 rings (SSSR count). The van der Waals surface area contributed by atoms with Gasteiger partial charge in [-0.2, -0.15) is 0 Å². The molecule has 0 heterocycles. The third-order valence-corrected chi connectivity index (χ3v) is 4.27. The molecule has 0 fully saturated rings. The molecular formula is C23H24N2O3. The number of carbonyl (C=O) groups is 1. The molecule has 0 aliphatic rings. The van der Waals surface area contributed by atoms with Crippen molar-refractivity contribution in [2.24, 2.45) is 0 Å². The zero-order valence-corrected chi connectivity index (χ0v) is 16.1. The van der Waals surface area contributed by atoms with Gasteiger partial charge in [-0.3, -0.25) is 4.79 Å². The summed E-state index contributed by atoms with van der Waals surface area (Å²) in [6.07, 6.45) is 0. The molecule has 0 aliphatic heterocycles. The Kier molecular flexibility index (Phi) is 6.52. The van der Waals surface area contributed by atoms with Gasteiger partial charge in [0, 0.05) is 23.6 Å². The van der Waals surface area contributed by atoms with Crippen LogP contribution < -0.4 is 19.7 Å². The zero-order chi connectivity index (χ0) is 19.8. The number of hydrogen-bond acceptors (Lipinski definition) is 4. The third kappa shape index (κ3) is 4.82. The molecule has 0 bridgehead atoms. The highest BCUT2D eigenvalue weighted by atomic mass is 16.5. The van der Waals surface area contributed by atoms with Gasteiger partial charge in [-0.15, -0.1) is 0 Å². The lowest BCUT2D eigenvalue weighted by molar-refractivity contribution is -0.118. The van der Waals surface area contributed by atoms with Crippen molar-refractivity contribution in [2.75, 3.05) is 30.5 Å². The van der Waals surface area contributed by atoms with Crippen LogP contribution in [0.1, 0.15) is 6.92 Å². The fourth-order valence-corrected chi connectivity index (χ4v) is 2.93. The van der Waals surface area contributed by atoms with Gasteiger partial charge in [-0.1, -0.05) is 30.3 Å². The second-order valence-electron chi connectivity index (χ2n) is 6.11. The highest BCUT2D eigenvalue weighted by molar-refractivity contribution is 5.92. The summed E-state index contributed by atoms with van der Waals surface area (Å²) in [4.78, 5) is 14.4. The fraction of sp³-hybridized carbons (Fsp3) is 0.174. The molecule has 0 radical (unpaired) electrons. The van der Waals surface area contributed by atoms with Crippen LogP contribution in [0.15, 0.2) is 78.9 Å². The minimum Gasteiger partial charge on any atom is -0.493 e. The largest absolute Gasteiger partial charge is 0.493 e. The van der Waals surface area contributed by atoms with Crippen molar-refractivity contribution in [1.82, 2.24) is 0 Å². The van der Waals surface area contributed by atoms with Gasteiger partial charge >= 0.3 is 0 Å². The van der Waals surface area contributed by atoms with Gasteiger partial charge in [-0.05, 0) is 55.5 Å². The summed E-state index contributed by atoms with van der Waals surface area (Å²) in [7, 11) is 1.57. The van der Waals surface area contributed by atoms with E-state index in [0.29, 0.717) is 11.5 Å². The predicted molar refractivity (Wildman–Crippen MR) is 113 cm³/mol. The van der Waals surface area contributed by atoms with Gasteiger partial charge in [0.1, 0.15) is 0 Å². The Balaban J connectivity index is 1.60. The number of benzene rings is 3. The topological polar surface area (TPSA) is 50.8 Å². The van der Waals surface area contributed by atoms with Gasteiger partial charge in [0.25, 0.3) is 5.91 Å². The lowest BCUT2D eigenvalue weighted by Crippen LogP contribution is -2.20. The first-order valence-electron chi connectivity index (χ1n) is 9.19. The Bertz CT molecular complexity index is 895. The first kappa shape index (κ1) is 19.3. The van der Waals surface area contributed by atoms with Crippen LogP contribution in [-0.2, 0) is 4.79 Å². The number of anilines is 3. The van der Waals surface area contributed by atoms with Gasteiger partial charge in [0.2, 0.25) is 0 Å². The van der Waals surface area contributed by atoms with Gasteiger partial charge in [0.15, 0.2) is 18.1 Å². The second-order valence-corrected chi connectivity index (χ2v) is 6.11. The van der Waals surface area contributed by atoms with E-state index in [1.807, 2.05) is 54.6 Å². The summed E-state index contributed by atoms with van der Waals surface area (Å²) in [6.45, 7) is 2.87. The molecule has 28 heavy (non-hydrogen) atoms. The van der Waals surface area contributed by atoms with Crippen molar-refractivity contribution >= 4 is 23.0 Å². The molecule has 0 spiro atoms. The van der Waals surface area contributed by atoms with Crippen LogP contribution in [0.4, 0.5) is 17.1 Å². The van der Waals surface area contributed by atoms with Crippen molar-refractivity contribution in [3.63, 3.8) is 0 Å². The highest BCUT2D eigenvalue weighted by Crippen LogP contribution is 2.27. The summed E-state index contributed by atoms with van der Waals surface area (Å²) in [5.41, 5.74) is 2.92. The molecule has 5 heteroatoms. The molecule has 0 aromatic heterocycles. The quantitative estimate of drug-likeness (QED) is 0.609. The van der Waals surface area contributed by atoms with Crippen LogP contribution in [0.25, 0.3) is 0 Å². The molecular weight excluding hydrogens is 352 g/mol. The van der Waals surface area contributed by atoms with Crippen LogP contribution in [0.3, 0.4) is 0 Å². The molecule has 1 N–H and O–H groups in total. The van der Waals surface area contributed by atoms with Gasteiger partial charge in [0.05, 0.1) is 7.11 Å². The number of para-hydroxylation sites is 3. The number of carbonyl (C=O) groups excluding carboxylic acids is 1. The van der Waals surface area contributed by atoms with Crippen LogP contribution in [0.5, 0.6) is 11.5 Å². The molecule has 0 unspecified atom stereocenters. The first-order chi connectivity index (χ1) is 13.7. The van der Waals surface area contributed by atoms with E-state index in [1.165, 1.54) is 0 Å². The van der Waals surface area contributed by atoms with Crippen LogP contribution in [-0.4, -0.2) is 26.2 Å². The standard InChI is InChI=1S/C23H24N2O3/c1-3-25(19-9-5-4-6-10-19)20-15-13-18(14-16-20)24-23(26)17-28-22-12-8-7-11-21(22)27-2/h4-16H,3,17H2,1-2H3,(H,24,26). The monoisotopic (exact) mass is 376 g/mol. The Morgan fingerprint density at radius 2 is 1.46 bits per heavy atom. The summed E-state index contributed by atoms with van der Waals surface area (Å²) in [5, 5.41) is 2.85. The SMILES string of the molecule is CCN(c1ccccc1)c1ccc(NC(=O)COc2ccccc2OC)cc1. The molecule has 3 aromatic carbocycles. The van der Waals surface area contributed by atoms with E-state index in [4.69, 9.17) is 9.47 Å². The van der Waals surface area contributed by atoms with Crippen LogP contribution in [0.2, 0.25) is 0 Å². The van der Waals surface area contributed by atoms with Crippen molar-refractivity contribution in [2.45, 2.75) is 6.92 Å². The highest BCUT2D eigenvalue weighted by Gasteiger charge is 2.09. The molecule has 144 valence electrons. The van der Waals surface area contributed by atoms with E-state index in [9.17, 15) is 4.79 Å². The summed E-state index contributed by atoms with van der Waals surface area (Å²) in [6, 6.07) is 25.2. The van der Waals surface area contributed by atoms with Crippen molar-refractivity contribution in [3.05, 3.63) is 78.9 Å². The number of ether oxygens (including phenoxy) is 2. The number of nitrogens with zero attached hydrogens (tertiary/aromatic N) is 1. The number of nitrogens with one attached hydrogen (secondary N) is 1. The maximum Gasteiger partial charge on any atom is 0.262 e. The molecule has 0 saturated heterocycles. The Hall–Kier alpha value is -3.47. The zero-order valence-electron chi connectivity index (χ0n) is 16.1. The predicted octanol–water partition coefficient (Wildman–Crippen LogP) is 4.87. The van der Waals surface area contributed by atoms with E-state index in [0.717, 1.165) is 23.6 Å². The van der Waals surface area contributed by atoms with E-state index >= 15 is 0 Å². The van der Waals surface area contributed by atoms with Crippen LogP contribution in [0, 0.1) is 0 Å². The second kappa shape index (κ2) is 9.46. The van der Waals surface area contributed by atoms with Crippen molar-refractivity contribution in [3.8, 4) is 11.5 Å². The maximum absolute atomic E-state index is 12.2. The van der Waals surface area contributed by atoms with Crippen molar-refractivity contribution < 1.29 is 14.3 Å². The Labute approximate surface area is 165 Å². The number of methoxy groups -OCH3 is 1. The van der Waals surface area contributed by atoms with Crippen LogP contribution >= 0.6 is 0 Å². The molecule has 5 nitrogen and oxygen atoms in total. The molecule has 0 saturated carbocycles. The van der Waals surface area contributed by atoms with Crippen molar-refractivity contribution in [1.29, 1.82) is 0 Å². The maximum atomic E-state index is 12.2. The summed E-state index contributed by atoms with van der Waals surface area (Å²) in [5.74, 6) is 0.909. The average Bonchev–Trinajstić information content (AvgIpc) is 2.75. The number of amides is 1. The average molecular weight is 376 g/mol. The van der Waals surface area contributed by atoms with E-state index in [-0.39, 0.29) is 12.5 Å². The lowest BCUT2D eigenvalue weighted by Gasteiger charge is -2.23. The van der Waals surface area contributed by atoms with E-state index in [1.54, 1.807) is 19.2 Å². The van der Waals surface area contributed by atoms with E-state index in [2.05, 4.69) is 29.3 Å². The smallest absolute Gasteiger partial charge is 0.262 e. The van der Waals surface area contributed by atoms with Gasteiger partial charge < -0.3 is 19.7 Å². The number of hydrogen-bond donors (Lipinski definition) is 1. The van der Waals surface area contributed by atoms with E-state index < -0.39 is 0 Å². The molecule has 0 atom stereocenters. The Morgan fingerprint density at radius 1 is 0.857 bits per heavy atom.